The monoisotopic (exact) mass is 415 g/mol. The van der Waals surface area contributed by atoms with E-state index in [1.165, 1.54) is 19.1 Å². The number of anilines is 1. The van der Waals surface area contributed by atoms with Crippen molar-refractivity contribution >= 4 is 27.4 Å². The highest BCUT2D eigenvalue weighted by Crippen LogP contribution is 2.21. The van der Waals surface area contributed by atoms with Gasteiger partial charge < -0.3 is 10.1 Å². The first-order valence-electron chi connectivity index (χ1n) is 7.88. The molecular weight excluding hydrogens is 399 g/mol. The van der Waals surface area contributed by atoms with Gasteiger partial charge in [0.15, 0.2) is 33.4 Å². The van der Waals surface area contributed by atoms with E-state index in [0.717, 1.165) is 18.4 Å². The molecule has 2 rings (SSSR count). The van der Waals surface area contributed by atoms with Crippen LogP contribution in [0, 0.1) is 24.4 Å². The zero-order valence-corrected chi connectivity index (χ0v) is 15.9. The van der Waals surface area contributed by atoms with Crippen LogP contribution >= 0.6 is 0 Å². The van der Waals surface area contributed by atoms with E-state index in [0.29, 0.717) is 11.6 Å². The molecule has 0 aliphatic heterocycles. The van der Waals surface area contributed by atoms with E-state index in [4.69, 9.17) is 4.74 Å². The van der Waals surface area contributed by atoms with Gasteiger partial charge >= 0.3 is 5.97 Å². The van der Waals surface area contributed by atoms with Gasteiger partial charge in [-0.05, 0) is 43.7 Å². The molecule has 150 valence electrons. The number of sulfone groups is 1. The minimum atomic E-state index is -3.57. The van der Waals surface area contributed by atoms with E-state index in [1.54, 1.807) is 6.92 Å². The second kappa shape index (κ2) is 8.01. The van der Waals surface area contributed by atoms with Gasteiger partial charge in [-0.1, -0.05) is 6.07 Å². The van der Waals surface area contributed by atoms with Crippen LogP contribution in [-0.4, -0.2) is 32.7 Å². The van der Waals surface area contributed by atoms with Crippen molar-refractivity contribution in [2.75, 3.05) is 11.6 Å². The fraction of sp³-hybridized carbons (Fsp3) is 0.222. The Balaban J connectivity index is 2.16. The molecule has 0 bridgehead atoms. The van der Waals surface area contributed by atoms with Crippen molar-refractivity contribution in [2.24, 2.45) is 0 Å². The van der Waals surface area contributed by atoms with Crippen molar-refractivity contribution < 1.29 is 35.9 Å². The molecule has 2 aromatic carbocycles. The molecule has 0 saturated carbocycles. The first-order valence-corrected chi connectivity index (χ1v) is 9.77. The molecular formula is C18H16F3NO5S. The van der Waals surface area contributed by atoms with Crippen LogP contribution in [0.2, 0.25) is 0 Å². The summed E-state index contributed by atoms with van der Waals surface area (Å²) in [6.45, 7) is 2.73. The van der Waals surface area contributed by atoms with E-state index in [-0.39, 0.29) is 10.5 Å². The van der Waals surface area contributed by atoms with E-state index < -0.39 is 51.0 Å². The topological polar surface area (TPSA) is 89.5 Å². The lowest BCUT2D eigenvalue weighted by Gasteiger charge is -2.15. The Labute approximate surface area is 159 Å². The molecule has 0 aliphatic carbocycles. The molecule has 0 fully saturated rings. The molecule has 0 heterocycles. The molecule has 1 N–H and O–H groups in total. The second-order valence-corrected chi connectivity index (χ2v) is 8.02. The van der Waals surface area contributed by atoms with Gasteiger partial charge in [-0.25, -0.2) is 26.4 Å². The van der Waals surface area contributed by atoms with Crippen LogP contribution in [0.15, 0.2) is 35.2 Å². The van der Waals surface area contributed by atoms with Crippen molar-refractivity contribution in [1.82, 2.24) is 0 Å². The number of rotatable bonds is 5. The zero-order chi connectivity index (χ0) is 21.2. The number of ether oxygens (including phenoxy) is 1. The van der Waals surface area contributed by atoms with Gasteiger partial charge in [0, 0.05) is 6.26 Å². The molecule has 28 heavy (non-hydrogen) atoms. The fourth-order valence-electron chi connectivity index (χ4n) is 2.19. The number of amides is 1. The maximum Gasteiger partial charge on any atom is 0.339 e. The molecule has 0 radical (unpaired) electrons. The van der Waals surface area contributed by atoms with Crippen LogP contribution in [0.1, 0.15) is 22.8 Å². The van der Waals surface area contributed by atoms with Gasteiger partial charge in [-0.3, -0.25) is 4.79 Å². The van der Waals surface area contributed by atoms with E-state index in [9.17, 15) is 31.2 Å². The number of hydrogen-bond acceptors (Lipinski definition) is 5. The summed E-state index contributed by atoms with van der Waals surface area (Å²) in [4.78, 5) is 24.3. The first-order chi connectivity index (χ1) is 12.9. The van der Waals surface area contributed by atoms with Crippen LogP contribution in [-0.2, 0) is 19.4 Å². The van der Waals surface area contributed by atoms with Crippen LogP contribution < -0.4 is 5.32 Å². The minimum absolute atomic E-state index is 0.0680. The van der Waals surface area contributed by atoms with E-state index in [2.05, 4.69) is 0 Å². The maximum atomic E-state index is 13.6. The molecule has 1 amide bonds. The minimum Gasteiger partial charge on any atom is -0.449 e. The van der Waals surface area contributed by atoms with Crippen LogP contribution in [0.5, 0.6) is 0 Å². The Morgan fingerprint density at radius 1 is 1.07 bits per heavy atom. The third kappa shape index (κ3) is 4.69. The Morgan fingerprint density at radius 3 is 2.32 bits per heavy atom. The molecule has 6 nitrogen and oxygen atoms in total. The lowest BCUT2D eigenvalue weighted by Crippen LogP contribution is -2.30. The highest BCUT2D eigenvalue weighted by atomic mass is 32.2. The highest BCUT2D eigenvalue weighted by Gasteiger charge is 2.23. The molecule has 1 atom stereocenters. The summed E-state index contributed by atoms with van der Waals surface area (Å²) in [6, 6.07) is 5.30. The quantitative estimate of drug-likeness (QED) is 0.599. The molecule has 0 saturated heterocycles. The fourth-order valence-corrected chi connectivity index (χ4v) is 2.83. The van der Waals surface area contributed by atoms with Crippen molar-refractivity contribution in [3.63, 3.8) is 0 Å². The number of halogens is 3. The largest absolute Gasteiger partial charge is 0.449 e. The first kappa shape index (κ1) is 21.4. The number of aryl methyl sites for hydroxylation is 1. The van der Waals surface area contributed by atoms with Gasteiger partial charge in [0.2, 0.25) is 0 Å². The number of nitrogens with one attached hydrogen (secondary N) is 1. The number of carbonyl (C=O) groups excluding carboxylic acids is 2. The van der Waals surface area contributed by atoms with E-state index >= 15 is 0 Å². The van der Waals surface area contributed by atoms with Gasteiger partial charge in [0.05, 0.1) is 16.1 Å². The van der Waals surface area contributed by atoms with E-state index in [1.807, 2.05) is 5.32 Å². The van der Waals surface area contributed by atoms with Crippen molar-refractivity contribution in [2.45, 2.75) is 24.8 Å². The third-order valence-corrected chi connectivity index (χ3v) is 4.91. The molecule has 0 aliphatic rings. The lowest BCUT2D eigenvalue weighted by molar-refractivity contribution is -0.123. The molecule has 0 unspecified atom stereocenters. The summed E-state index contributed by atoms with van der Waals surface area (Å²) in [5.74, 6) is -6.73. The summed E-state index contributed by atoms with van der Waals surface area (Å²) >= 11 is 0. The predicted molar refractivity (Wildman–Crippen MR) is 94.1 cm³/mol. The number of esters is 1. The Kier molecular flexibility index (Phi) is 6.13. The van der Waals surface area contributed by atoms with Gasteiger partial charge in [-0.15, -0.1) is 0 Å². The Hall–Kier alpha value is -2.88. The van der Waals surface area contributed by atoms with Gasteiger partial charge in [-0.2, -0.15) is 0 Å². The van der Waals surface area contributed by atoms with Crippen LogP contribution in [0.25, 0.3) is 0 Å². The standard InChI is InChI=1S/C18H16F3NO5S/c1-9-4-5-11(28(3,25)26)8-12(9)18(24)27-10(2)17(23)22-14-7-6-13(19)15(20)16(14)21/h4-8,10H,1-3H3,(H,22,23)/t10-/m0/s1. The summed E-state index contributed by atoms with van der Waals surface area (Å²) in [5.41, 5.74) is -0.278. The maximum absolute atomic E-state index is 13.6. The molecule has 0 aromatic heterocycles. The van der Waals surface area contributed by atoms with Crippen LogP contribution in [0.4, 0.5) is 18.9 Å². The highest BCUT2D eigenvalue weighted by molar-refractivity contribution is 7.90. The van der Waals surface area contributed by atoms with Crippen molar-refractivity contribution in [1.29, 1.82) is 0 Å². The second-order valence-electron chi connectivity index (χ2n) is 6.01. The summed E-state index contributed by atoms with van der Waals surface area (Å²) in [7, 11) is -3.57. The van der Waals surface area contributed by atoms with Gasteiger partial charge in [0.25, 0.3) is 5.91 Å². The average molecular weight is 415 g/mol. The lowest BCUT2D eigenvalue weighted by atomic mass is 10.1. The smallest absolute Gasteiger partial charge is 0.339 e. The predicted octanol–water partition coefficient (Wildman–Crippen LogP) is 3.00. The number of carbonyl (C=O) groups is 2. The van der Waals surface area contributed by atoms with Crippen molar-refractivity contribution in [3.8, 4) is 0 Å². The SMILES string of the molecule is Cc1ccc(S(C)(=O)=O)cc1C(=O)O[C@@H](C)C(=O)Nc1ccc(F)c(F)c1F. The summed E-state index contributed by atoms with van der Waals surface area (Å²) in [6.07, 6.45) is -0.458. The summed E-state index contributed by atoms with van der Waals surface area (Å²) < 4.78 is 68.0. The normalized spacial score (nSPS) is 12.4. The number of benzene rings is 2. The van der Waals surface area contributed by atoms with Crippen molar-refractivity contribution in [3.05, 3.63) is 58.9 Å². The van der Waals surface area contributed by atoms with Crippen LogP contribution in [0.3, 0.4) is 0 Å². The zero-order valence-electron chi connectivity index (χ0n) is 15.0. The average Bonchev–Trinajstić information content (AvgIpc) is 2.61. The van der Waals surface area contributed by atoms with Gasteiger partial charge in [0.1, 0.15) is 0 Å². The third-order valence-electron chi connectivity index (χ3n) is 3.80. The molecule has 2 aromatic rings. The Bertz CT molecular complexity index is 1050. The molecule has 10 heteroatoms. The number of hydrogen-bond donors (Lipinski definition) is 1. The Morgan fingerprint density at radius 2 is 1.71 bits per heavy atom. The summed E-state index contributed by atoms with van der Waals surface area (Å²) in [5, 5.41) is 1.99. The molecule has 0 spiro atoms.